The first-order valence-electron chi connectivity index (χ1n) is 10.3. The molecule has 8 nitrogen and oxygen atoms in total. The van der Waals surface area contributed by atoms with Gasteiger partial charge >= 0.3 is 5.97 Å². The SMILES string of the molecule is CCOC(=O)/C=C/c1cc([N+](=O)[O-])ccc1N1CCC(N2CCN(C)CC2)CC1. The highest BCUT2D eigenvalue weighted by Gasteiger charge is 2.27. The van der Waals surface area contributed by atoms with Gasteiger partial charge in [0.15, 0.2) is 0 Å². The third-order valence-corrected chi connectivity index (χ3v) is 5.77. The molecule has 2 aliphatic heterocycles. The van der Waals surface area contributed by atoms with E-state index in [9.17, 15) is 14.9 Å². The van der Waals surface area contributed by atoms with Gasteiger partial charge in [0.25, 0.3) is 5.69 Å². The maximum Gasteiger partial charge on any atom is 0.330 e. The van der Waals surface area contributed by atoms with Crippen molar-refractivity contribution in [1.29, 1.82) is 0 Å². The number of carbonyl (C=O) groups is 1. The number of rotatable bonds is 6. The first-order chi connectivity index (χ1) is 14.0. The molecule has 0 saturated carbocycles. The van der Waals surface area contributed by atoms with E-state index >= 15 is 0 Å². The largest absolute Gasteiger partial charge is 0.463 e. The van der Waals surface area contributed by atoms with Gasteiger partial charge in [0, 0.05) is 74.8 Å². The fourth-order valence-electron chi connectivity index (χ4n) is 4.08. The molecule has 0 amide bonds. The van der Waals surface area contributed by atoms with Gasteiger partial charge in [-0.3, -0.25) is 15.0 Å². The number of hydrogen-bond acceptors (Lipinski definition) is 7. The lowest BCUT2D eigenvalue weighted by molar-refractivity contribution is -0.384. The van der Waals surface area contributed by atoms with Crippen LogP contribution in [0.4, 0.5) is 11.4 Å². The zero-order valence-electron chi connectivity index (χ0n) is 17.2. The molecule has 2 saturated heterocycles. The molecule has 1 aromatic carbocycles. The Balaban J connectivity index is 1.71. The van der Waals surface area contributed by atoms with Crippen molar-refractivity contribution in [1.82, 2.24) is 9.80 Å². The van der Waals surface area contributed by atoms with Crippen LogP contribution >= 0.6 is 0 Å². The van der Waals surface area contributed by atoms with Crippen LogP contribution in [-0.4, -0.2) is 79.7 Å². The van der Waals surface area contributed by atoms with Crippen molar-refractivity contribution in [3.05, 3.63) is 40.0 Å². The monoisotopic (exact) mass is 402 g/mol. The number of benzene rings is 1. The fourth-order valence-corrected chi connectivity index (χ4v) is 4.08. The molecular formula is C21H30N4O4. The Hall–Kier alpha value is -2.45. The van der Waals surface area contributed by atoms with Crippen LogP contribution < -0.4 is 4.90 Å². The van der Waals surface area contributed by atoms with Gasteiger partial charge in [-0.05, 0) is 39.0 Å². The van der Waals surface area contributed by atoms with Gasteiger partial charge in [-0.2, -0.15) is 0 Å². The Morgan fingerprint density at radius 2 is 1.90 bits per heavy atom. The van der Waals surface area contributed by atoms with Crippen LogP contribution in [0.25, 0.3) is 6.08 Å². The summed E-state index contributed by atoms with van der Waals surface area (Å²) in [6.45, 7) is 8.30. The highest BCUT2D eigenvalue weighted by Crippen LogP contribution is 2.30. The number of anilines is 1. The number of nitro groups is 1. The summed E-state index contributed by atoms with van der Waals surface area (Å²) in [5, 5.41) is 11.2. The van der Waals surface area contributed by atoms with Crippen LogP contribution in [0.5, 0.6) is 0 Å². The van der Waals surface area contributed by atoms with Crippen molar-refractivity contribution in [2.24, 2.45) is 0 Å². The van der Waals surface area contributed by atoms with E-state index in [0.29, 0.717) is 18.2 Å². The highest BCUT2D eigenvalue weighted by molar-refractivity contribution is 5.88. The Kier molecular flexibility index (Phi) is 7.22. The number of likely N-dealkylation sites (N-methyl/N-ethyl adjacent to an activating group) is 1. The quantitative estimate of drug-likeness (QED) is 0.313. The zero-order valence-corrected chi connectivity index (χ0v) is 17.2. The van der Waals surface area contributed by atoms with E-state index in [4.69, 9.17) is 4.74 Å². The van der Waals surface area contributed by atoms with E-state index in [0.717, 1.165) is 57.8 Å². The minimum absolute atomic E-state index is 0.0181. The average molecular weight is 402 g/mol. The minimum atomic E-state index is -0.446. The number of piperidine rings is 1. The minimum Gasteiger partial charge on any atom is -0.463 e. The van der Waals surface area contributed by atoms with E-state index in [1.165, 1.54) is 18.2 Å². The molecule has 3 rings (SSSR count). The smallest absolute Gasteiger partial charge is 0.330 e. The first kappa shape index (κ1) is 21.3. The van der Waals surface area contributed by atoms with Gasteiger partial charge in [-0.25, -0.2) is 4.79 Å². The molecule has 0 spiro atoms. The summed E-state index contributed by atoms with van der Waals surface area (Å²) in [6.07, 6.45) is 5.10. The molecule has 2 aliphatic rings. The van der Waals surface area contributed by atoms with Gasteiger partial charge in [0.2, 0.25) is 0 Å². The number of carbonyl (C=O) groups excluding carboxylic acids is 1. The van der Waals surface area contributed by atoms with Crippen LogP contribution in [0.15, 0.2) is 24.3 Å². The summed E-state index contributed by atoms with van der Waals surface area (Å²) in [5.41, 5.74) is 1.61. The third kappa shape index (κ3) is 5.55. The molecule has 8 heteroatoms. The second-order valence-corrected chi connectivity index (χ2v) is 7.64. The fraction of sp³-hybridized carbons (Fsp3) is 0.571. The number of nitro benzene ring substituents is 1. The Labute approximate surface area is 171 Å². The summed E-state index contributed by atoms with van der Waals surface area (Å²) in [5.74, 6) is -0.446. The van der Waals surface area contributed by atoms with Gasteiger partial charge < -0.3 is 14.5 Å². The Morgan fingerprint density at radius 1 is 1.21 bits per heavy atom. The number of piperazine rings is 1. The van der Waals surface area contributed by atoms with Gasteiger partial charge in [0.1, 0.15) is 0 Å². The molecule has 158 valence electrons. The molecule has 0 aromatic heterocycles. The lowest BCUT2D eigenvalue weighted by Crippen LogP contribution is -2.52. The maximum absolute atomic E-state index is 11.7. The standard InChI is InChI=1S/C21H30N4O4/c1-3-29-21(26)7-4-17-16-19(25(27)28)5-6-20(17)24-10-8-18(9-11-24)23-14-12-22(2)13-15-23/h4-7,16,18H,3,8-15H2,1-2H3/b7-4+. The van der Waals surface area contributed by atoms with Crippen molar-refractivity contribution in [2.75, 3.05) is 57.8 Å². The molecule has 29 heavy (non-hydrogen) atoms. The topological polar surface area (TPSA) is 79.2 Å². The van der Waals surface area contributed by atoms with E-state index in [2.05, 4.69) is 21.7 Å². The number of non-ortho nitro benzene ring substituents is 1. The second kappa shape index (κ2) is 9.84. The van der Waals surface area contributed by atoms with E-state index in [1.807, 2.05) is 0 Å². The Bertz CT molecular complexity index is 751. The summed E-state index contributed by atoms with van der Waals surface area (Å²) < 4.78 is 4.93. The Morgan fingerprint density at radius 3 is 2.52 bits per heavy atom. The van der Waals surface area contributed by atoms with Gasteiger partial charge in [0.05, 0.1) is 11.5 Å². The highest BCUT2D eigenvalue weighted by atomic mass is 16.6. The molecule has 0 unspecified atom stereocenters. The van der Waals surface area contributed by atoms with Crippen LogP contribution in [0.2, 0.25) is 0 Å². The predicted molar refractivity (Wildman–Crippen MR) is 113 cm³/mol. The molecule has 2 heterocycles. The number of ether oxygens (including phenoxy) is 1. The summed E-state index contributed by atoms with van der Waals surface area (Å²) in [4.78, 5) is 29.7. The van der Waals surface area contributed by atoms with Crippen molar-refractivity contribution in [3.8, 4) is 0 Å². The zero-order chi connectivity index (χ0) is 20.8. The normalized spacial score (nSPS) is 19.6. The molecular weight excluding hydrogens is 372 g/mol. The summed E-state index contributed by atoms with van der Waals surface area (Å²) >= 11 is 0. The third-order valence-electron chi connectivity index (χ3n) is 5.77. The van der Waals surface area contributed by atoms with E-state index < -0.39 is 10.9 Å². The predicted octanol–water partition coefficient (Wildman–Crippen LogP) is 2.39. The van der Waals surface area contributed by atoms with Gasteiger partial charge in [-0.15, -0.1) is 0 Å². The van der Waals surface area contributed by atoms with Crippen molar-refractivity contribution in [3.63, 3.8) is 0 Å². The maximum atomic E-state index is 11.7. The lowest BCUT2D eigenvalue weighted by Gasteiger charge is -2.42. The molecule has 0 aliphatic carbocycles. The van der Waals surface area contributed by atoms with E-state index in [-0.39, 0.29) is 5.69 Å². The first-order valence-corrected chi connectivity index (χ1v) is 10.3. The van der Waals surface area contributed by atoms with Crippen LogP contribution in [-0.2, 0) is 9.53 Å². The average Bonchev–Trinajstić information content (AvgIpc) is 2.73. The van der Waals surface area contributed by atoms with Crippen molar-refractivity contribution in [2.45, 2.75) is 25.8 Å². The van der Waals surface area contributed by atoms with Gasteiger partial charge in [-0.1, -0.05) is 0 Å². The van der Waals surface area contributed by atoms with Crippen molar-refractivity contribution < 1.29 is 14.5 Å². The molecule has 0 N–H and O–H groups in total. The number of hydrogen-bond donors (Lipinski definition) is 0. The lowest BCUT2D eigenvalue weighted by atomic mass is 10.00. The molecule has 0 atom stereocenters. The van der Waals surface area contributed by atoms with Crippen molar-refractivity contribution >= 4 is 23.4 Å². The van der Waals surface area contributed by atoms with Crippen LogP contribution in [0.3, 0.4) is 0 Å². The molecule has 0 bridgehead atoms. The summed E-state index contributed by atoms with van der Waals surface area (Å²) in [7, 11) is 2.17. The summed E-state index contributed by atoms with van der Waals surface area (Å²) in [6, 6.07) is 5.44. The molecule has 0 radical (unpaired) electrons. The van der Waals surface area contributed by atoms with Crippen LogP contribution in [0, 0.1) is 10.1 Å². The number of esters is 1. The molecule has 2 fully saturated rings. The second-order valence-electron chi connectivity index (χ2n) is 7.64. The number of nitrogens with zero attached hydrogens (tertiary/aromatic N) is 4. The van der Waals surface area contributed by atoms with E-state index in [1.54, 1.807) is 19.1 Å². The van der Waals surface area contributed by atoms with Crippen LogP contribution in [0.1, 0.15) is 25.3 Å². The molecule has 1 aromatic rings.